The van der Waals surface area contributed by atoms with Crippen molar-refractivity contribution in [3.05, 3.63) is 29.3 Å². The SMILES string of the molecule is C#CC1(O)CCC2C3CCc4cc(OS(=O)(=O)O)ccc4C3CCC21C. The van der Waals surface area contributed by atoms with Crippen molar-refractivity contribution in [3.8, 4) is 18.1 Å². The molecule has 0 heterocycles. The van der Waals surface area contributed by atoms with Gasteiger partial charge in [0.15, 0.2) is 0 Å². The van der Waals surface area contributed by atoms with Crippen LogP contribution in [0.2, 0.25) is 0 Å². The van der Waals surface area contributed by atoms with Crippen LogP contribution in [0.1, 0.15) is 56.1 Å². The third kappa shape index (κ3) is 2.57. The average Bonchev–Trinajstić information content (AvgIpc) is 2.85. The van der Waals surface area contributed by atoms with Crippen LogP contribution in [0.4, 0.5) is 0 Å². The summed E-state index contributed by atoms with van der Waals surface area (Å²) in [5.41, 5.74) is 1.09. The molecule has 6 heteroatoms. The number of hydrogen-bond acceptors (Lipinski definition) is 4. The van der Waals surface area contributed by atoms with Gasteiger partial charge in [-0.25, -0.2) is 0 Å². The van der Waals surface area contributed by atoms with Crippen LogP contribution < -0.4 is 4.18 Å². The molecule has 26 heavy (non-hydrogen) atoms. The molecule has 140 valence electrons. The Balaban J connectivity index is 1.65. The monoisotopic (exact) mass is 376 g/mol. The predicted molar refractivity (Wildman–Crippen MR) is 97.0 cm³/mol. The van der Waals surface area contributed by atoms with E-state index in [0.717, 1.165) is 37.7 Å². The maximum atomic E-state index is 11.0. The van der Waals surface area contributed by atoms with E-state index in [1.807, 2.05) is 6.07 Å². The molecule has 5 atom stereocenters. The van der Waals surface area contributed by atoms with Gasteiger partial charge in [0.05, 0.1) is 0 Å². The van der Waals surface area contributed by atoms with Crippen molar-refractivity contribution >= 4 is 10.4 Å². The molecule has 3 aliphatic carbocycles. The topological polar surface area (TPSA) is 83.8 Å². The Kier molecular flexibility index (Phi) is 3.93. The fourth-order valence-electron chi connectivity index (χ4n) is 5.99. The number of aryl methyl sites for hydroxylation is 1. The molecule has 0 bridgehead atoms. The van der Waals surface area contributed by atoms with E-state index in [4.69, 9.17) is 11.0 Å². The Labute approximate surface area is 154 Å². The summed E-state index contributed by atoms with van der Waals surface area (Å²) < 4.78 is 35.4. The van der Waals surface area contributed by atoms with Crippen molar-refractivity contribution in [1.29, 1.82) is 0 Å². The van der Waals surface area contributed by atoms with Crippen LogP contribution in [0.25, 0.3) is 0 Å². The highest BCUT2D eigenvalue weighted by molar-refractivity contribution is 7.81. The van der Waals surface area contributed by atoms with Crippen molar-refractivity contribution in [3.63, 3.8) is 0 Å². The molecule has 1 aromatic rings. The summed E-state index contributed by atoms with van der Waals surface area (Å²) in [5.74, 6) is 4.12. The minimum atomic E-state index is -4.51. The van der Waals surface area contributed by atoms with Gasteiger partial charge < -0.3 is 9.29 Å². The van der Waals surface area contributed by atoms with E-state index in [1.165, 1.54) is 5.56 Å². The van der Waals surface area contributed by atoms with Crippen LogP contribution in [0.5, 0.6) is 5.75 Å². The molecule has 2 fully saturated rings. The van der Waals surface area contributed by atoms with Crippen molar-refractivity contribution in [2.45, 2.75) is 57.0 Å². The van der Waals surface area contributed by atoms with Gasteiger partial charge in [0.2, 0.25) is 0 Å². The van der Waals surface area contributed by atoms with E-state index in [-0.39, 0.29) is 11.2 Å². The molecule has 0 radical (unpaired) electrons. The molecule has 2 N–H and O–H groups in total. The fourth-order valence-corrected chi connectivity index (χ4v) is 6.33. The molecule has 0 spiro atoms. The third-order valence-electron chi connectivity index (χ3n) is 7.29. The Hall–Kier alpha value is -1.55. The minimum absolute atomic E-state index is 0.146. The molecule has 0 aromatic heterocycles. The lowest BCUT2D eigenvalue weighted by Gasteiger charge is -2.52. The van der Waals surface area contributed by atoms with Crippen LogP contribution in [0.15, 0.2) is 18.2 Å². The molecule has 5 nitrogen and oxygen atoms in total. The Morgan fingerprint density at radius 2 is 2.04 bits per heavy atom. The summed E-state index contributed by atoms with van der Waals surface area (Å²) in [4.78, 5) is 0. The Morgan fingerprint density at radius 1 is 1.27 bits per heavy atom. The molecule has 0 aliphatic heterocycles. The van der Waals surface area contributed by atoms with Gasteiger partial charge in [0.25, 0.3) is 0 Å². The first-order valence-electron chi connectivity index (χ1n) is 9.17. The number of rotatable bonds is 2. The normalized spacial score (nSPS) is 38.6. The second kappa shape index (κ2) is 5.72. The maximum absolute atomic E-state index is 11.0. The lowest BCUT2D eigenvalue weighted by Crippen LogP contribution is -2.50. The van der Waals surface area contributed by atoms with Crippen LogP contribution in [0.3, 0.4) is 0 Å². The molecule has 5 unspecified atom stereocenters. The molecule has 1 aromatic carbocycles. The van der Waals surface area contributed by atoms with Crippen LogP contribution in [-0.4, -0.2) is 23.7 Å². The zero-order valence-corrected chi connectivity index (χ0v) is 15.6. The van der Waals surface area contributed by atoms with Gasteiger partial charge in [-0.05, 0) is 79.5 Å². The Bertz CT molecular complexity index is 886. The van der Waals surface area contributed by atoms with Crippen LogP contribution >= 0.6 is 0 Å². The summed E-state index contributed by atoms with van der Waals surface area (Å²) in [6, 6.07) is 5.26. The summed E-state index contributed by atoms with van der Waals surface area (Å²) >= 11 is 0. The van der Waals surface area contributed by atoms with Crippen molar-refractivity contribution < 1.29 is 22.3 Å². The van der Waals surface area contributed by atoms with Crippen LogP contribution in [-0.2, 0) is 16.8 Å². The van der Waals surface area contributed by atoms with Gasteiger partial charge in [-0.1, -0.05) is 18.9 Å². The third-order valence-corrected chi connectivity index (χ3v) is 7.69. The molecule has 3 aliphatic rings. The molecule has 0 saturated heterocycles. The van der Waals surface area contributed by atoms with Gasteiger partial charge in [-0.3, -0.25) is 4.55 Å². The number of terminal acetylenes is 1. The van der Waals surface area contributed by atoms with E-state index in [2.05, 4.69) is 17.0 Å². The van der Waals surface area contributed by atoms with Gasteiger partial charge in [0.1, 0.15) is 11.4 Å². The number of hydrogen-bond donors (Lipinski definition) is 2. The zero-order chi connectivity index (χ0) is 18.7. The highest BCUT2D eigenvalue weighted by Gasteiger charge is 2.61. The molecular formula is C20H24O5S. The van der Waals surface area contributed by atoms with E-state index < -0.39 is 16.0 Å². The number of aliphatic hydroxyl groups is 1. The van der Waals surface area contributed by atoms with Crippen molar-refractivity contribution in [2.75, 3.05) is 0 Å². The second-order valence-electron chi connectivity index (χ2n) is 8.29. The Morgan fingerprint density at radius 3 is 2.73 bits per heavy atom. The van der Waals surface area contributed by atoms with Gasteiger partial charge in [-0.15, -0.1) is 6.42 Å². The summed E-state index contributed by atoms with van der Waals surface area (Å²) in [6.07, 6.45) is 11.0. The first kappa shape index (κ1) is 17.8. The molecule has 2 saturated carbocycles. The number of benzene rings is 1. The van der Waals surface area contributed by atoms with E-state index >= 15 is 0 Å². The molecule has 4 rings (SSSR count). The zero-order valence-electron chi connectivity index (χ0n) is 14.8. The second-order valence-corrected chi connectivity index (χ2v) is 9.31. The predicted octanol–water partition coefficient (Wildman–Crippen LogP) is 3.09. The lowest BCUT2D eigenvalue weighted by molar-refractivity contribution is -0.0646. The first-order chi connectivity index (χ1) is 12.2. The summed E-state index contributed by atoms with van der Waals surface area (Å²) in [7, 11) is -4.51. The highest BCUT2D eigenvalue weighted by Crippen LogP contribution is 2.64. The fraction of sp³-hybridized carbons (Fsp3) is 0.600. The van der Waals surface area contributed by atoms with E-state index in [1.54, 1.807) is 12.1 Å². The molecular weight excluding hydrogens is 352 g/mol. The largest absolute Gasteiger partial charge is 0.446 e. The van der Waals surface area contributed by atoms with Crippen molar-refractivity contribution in [2.24, 2.45) is 17.3 Å². The number of fused-ring (bicyclic) bond motifs is 5. The van der Waals surface area contributed by atoms with E-state index in [9.17, 15) is 13.5 Å². The smallest absolute Gasteiger partial charge is 0.377 e. The standard InChI is InChI=1S/C20H24O5S/c1-3-20(21)11-9-18-17-6-4-13-12-14(25-26(22,23)24)5-7-15(13)16(17)8-10-19(18,20)2/h1,5,7,12,16-18,21H,4,6,8-11H2,2H3,(H,22,23,24). The van der Waals surface area contributed by atoms with Gasteiger partial charge in [-0.2, -0.15) is 8.42 Å². The first-order valence-corrected chi connectivity index (χ1v) is 10.5. The minimum Gasteiger partial charge on any atom is -0.377 e. The van der Waals surface area contributed by atoms with Crippen LogP contribution in [0, 0.1) is 29.6 Å². The van der Waals surface area contributed by atoms with Gasteiger partial charge in [0, 0.05) is 5.41 Å². The van der Waals surface area contributed by atoms with E-state index in [0.29, 0.717) is 24.2 Å². The van der Waals surface area contributed by atoms with Crippen molar-refractivity contribution in [1.82, 2.24) is 0 Å². The average molecular weight is 376 g/mol. The summed E-state index contributed by atoms with van der Waals surface area (Å²) in [6.45, 7) is 2.15. The highest BCUT2D eigenvalue weighted by atomic mass is 32.3. The maximum Gasteiger partial charge on any atom is 0.446 e. The quantitative estimate of drug-likeness (QED) is 0.612. The molecule has 0 amide bonds. The van der Waals surface area contributed by atoms with Gasteiger partial charge >= 0.3 is 10.4 Å². The lowest BCUT2D eigenvalue weighted by atomic mass is 9.53. The summed E-state index contributed by atoms with van der Waals surface area (Å²) in [5, 5.41) is 11.0.